The fourth-order valence-corrected chi connectivity index (χ4v) is 2.04. The third-order valence-corrected chi connectivity index (χ3v) is 3.14. The number of furan rings is 1. The lowest BCUT2D eigenvalue weighted by atomic mass is 10.2. The maximum Gasteiger partial charge on any atom is 0.291 e. The van der Waals surface area contributed by atoms with Crippen LogP contribution in [0.4, 0.5) is 5.69 Å². The zero-order valence-corrected chi connectivity index (χ0v) is 12.5. The monoisotopic (exact) mass is 347 g/mol. The van der Waals surface area contributed by atoms with Crippen LogP contribution < -0.4 is 5.32 Å². The van der Waals surface area contributed by atoms with E-state index >= 15 is 0 Å². The SMILES string of the molecule is Cc1nnc(-c2ccc(NC(=O)c3ccc(Br)o3)cc2)o1. The van der Waals surface area contributed by atoms with E-state index in [9.17, 15) is 4.79 Å². The van der Waals surface area contributed by atoms with E-state index in [2.05, 4.69) is 31.4 Å². The van der Waals surface area contributed by atoms with Gasteiger partial charge >= 0.3 is 0 Å². The van der Waals surface area contributed by atoms with Crippen LogP contribution >= 0.6 is 15.9 Å². The predicted octanol–water partition coefficient (Wildman–Crippen LogP) is 3.65. The maximum absolute atomic E-state index is 11.9. The molecule has 0 atom stereocenters. The Hall–Kier alpha value is -2.41. The minimum atomic E-state index is -0.318. The minimum Gasteiger partial charge on any atom is -0.444 e. The summed E-state index contributed by atoms with van der Waals surface area (Å²) in [5.74, 6) is 0.867. The summed E-state index contributed by atoms with van der Waals surface area (Å²) in [5, 5.41) is 10.4. The predicted molar refractivity (Wildman–Crippen MR) is 78.8 cm³/mol. The molecule has 1 amide bonds. The standard InChI is InChI=1S/C14H10BrN3O3/c1-8-17-18-14(20-8)9-2-4-10(5-3-9)16-13(19)11-6-7-12(15)21-11/h2-7H,1H3,(H,16,19). The second kappa shape index (κ2) is 5.53. The van der Waals surface area contributed by atoms with Gasteiger partial charge in [-0.15, -0.1) is 10.2 Å². The average molecular weight is 348 g/mol. The maximum atomic E-state index is 11.9. The molecule has 0 spiro atoms. The average Bonchev–Trinajstić information content (AvgIpc) is 3.08. The molecule has 0 unspecified atom stereocenters. The van der Waals surface area contributed by atoms with Crippen molar-refractivity contribution in [1.82, 2.24) is 10.2 Å². The number of hydrogen-bond donors (Lipinski definition) is 1. The van der Waals surface area contributed by atoms with Gasteiger partial charge in [0.25, 0.3) is 5.91 Å². The quantitative estimate of drug-likeness (QED) is 0.781. The third-order valence-electron chi connectivity index (χ3n) is 2.71. The molecule has 0 saturated carbocycles. The number of aromatic nitrogens is 2. The molecule has 0 fully saturated rings. The largest absolute Gasteiger partial charge is 0.444 e. The van der Waals surface area contributed by atoms with E-state index < -0.39 is 0 Å². The first kappa shape index (κ1) is 13.6. The summed E-state index contributed by atoms with van der Waals surface area (Å²) < 4.78 is 11.0. The Morgan fingerprint density at radius 3 is 2.43 bits per heavy atom. The fraction of sp³-hybridized carbons (Fsp3) is 0.0714. The zero-order chi connectivity index (χ0) is 14.8. The molecule has 3 rings (SSSR count). The van der Waals surface area contributed by atoms with Crippen LogP contribution in [0.5, 0.6) is 0 Å². The Kier molecular flexibility index (Phi) is 3.57. The number of aryl methyl sites for hydroxylation is 1. The normalized spacial score (nSPS) is 10.6. The molecule has 6 nitrogen and oxygen atoms in total. The summed E-state index contributed by atoms with van der Waals surface area (Å²) in [6.07, 6.45) is 0. The number of benzene rings is 1. The first-order chi connectivity index (χ1) is 10.1. The number of amides is 1. The summed E-state index contributed by atoms with van der Waals surface area (Å²) in [7, 11) is 0. The van der Waals surface area contributed by atoms with Gasteiger partial charge in [0, 0.05) is 18.2 Å². The highest BCUT2D eigenvalue weighted by molar-refractivity contribution is 9.10. The molecule has 0 radical (unpaired) electrons. The number of halogens is 1. The Morgan fingerprint density at radius 1 is 1.10 bits per heavy atom. The minimum absolute atomic E-state index is 0.235. The Labute approximate surface area is 128 Å². The smallest absolute Gasteiger partial charge is 0.291 e. The molecule has 1 N–H and O–H groups in total. The number of carbonyl (C=O) groups is 1. The fourth-order valence-electron chi connectivity index (χ4n) is 1.74. The molecule has 0 saturated heterocycles. The number of carbonyl (C=O) groups excluding carboxylic acids is 1. The number of hydrogen-bond acceptors (Lipinski definition) is 5. The molecule has 0 aliphatic carbocycles. The van der Waals surface area contributed by atoms with Crippen LogP contribution in [0, 0.1) is 6.92 Å². The lowest BCUT2D eigenvalue weighted by Gasteiger charge is -2.03. The molecule has 0 aliphatic rings. The Balaban J connectivity index is 1.74. The molecular weight excluding hydrogens is 338 g/mol. The van der Waals surface area contributed by atoms with Crippen LogP contribution in [-0.2, 0) is 0 Å². The van der Waals surface area contributed by atoms with Gasteiger partial charge in [-0.25, -0.2) is 0 Å². The molecule has 106 valence electrons. The number of nitrogens with zero attached hydrogens (tertiary/aromatic N) is 2. The van der Waals surface area contributed by atoms with E-state index in [4.69, 9.17) is 8.83 Å². The van der Waals surface area contributed by atoms with Crippen molar-refractivity contribution in [2.24, 2.45) is 0 Å². The van der Waals surface area contributed by atoms with Gasteiger partial charge in [0.1, 0.15) is 0 Å². The molecule has 7 heteroatoms. The summed E-state index contributed by atoms with van der Waals surface area (Å²) in [4.78, 5) is 11.9. The number of rotatable bonds is 3. The van der Waals surface area contributed by atoms with Gasteiger partial charge in [0.05, 0.1) is 0 Å². The van der Waals surface area contributed by atoms with Crippen molar-refractivity contribution in [3.63, 3.8) is 0 Å². The van der Waals surface area contributed by atoms with Gasteiger partial charge in [0.2, 0.25) is 11.8 Å². The van der Waals surface area contributed by atoms with E-state index in [1.165, 1.54) is 0 Å². The van der Waals surface area contributed by atoms with Crippen molar-refractivity contribution in [3.05, 3.63) is 52.7 Å². The summed E-state index contributed by atoms with van der Waals surface area (Å²) in [5.41, 5.74) is 1.43. The molecule has 2 aromatic heterocycles. The van der Waals surface area contributed by atoms with Crippen LogP contribution in [0.3, 0.4) is 0 Å². The highest BCUT2D eigenvalue weighted by Crippen LogP contribution is 2.21. The van der Waals surface area contributed by atoms with Crippen LogP contribution in [-0.4, -0.2) is 16.1 Å². The van der Waals surface area contributed by atoms with Crippen LogP contribution in [0.25, 0.3) is 11.5 Å². The molecule has 0 aliphatic heterocycles. The second-order valence-electron chi connectivity index (χ2n) is 4.26. The highest BCUT2D eigenvalue weighted by atomic mass is 79.9. The van der Waals surface area contributed by atoms with E-state index in [1.54, 1.807) is 43.3 Å². The Morgan fingerprint density at radius 2 is 1.86 bits per heavy atom. The topological polar surface area (TPSA) is 81.2 Å². The summed E-state index contributed by atoms with van der Waals surface area (Å²) >= 11 is 3.15. The van der Waals surface area contributed by atoms with Gasteiger partial charge in [0.15, 0.2) is 10.4 Å². The molecule has 2 heterocycles. The van der Waals surface area contributed by atoms with Gasteiger partial charge in [-0.05, 0) is 52.3 Å². The lowest BCUT2D eigenvalue weighted by Crippen LogP contribution is -2.10. The zero-order valence-electron chi connectivity index (χ0n) is 11.0. The number of anilines is 1. The lowest BCUT2D eigenvalue weighted by molar-refractivity contribution is 0.0995. The molecular formula is C14H10BrN3O3. The first-order valence-electron chi connectivity index (χ1n) is 6.09. The van der Waals surface area contributed by atoms with Crippen LogP contribution in [0.1, 0.15) is 16.4 Å². The van der Waals surface area contributed by atoms with Gasteiger partial charge in [-0.1, -0.05) is 0 Å². The van der Waals surface area contributed by atoms with E-state index in [1.807, 2.05) is 0 Å². The van der Waals surface area contributed by atoms with Crippen molar-refractivity contribution in [1.29, 1.82) is 0 Å². The van der Waals surface area contributed by atoms with E-state index in [0.29, 0.717) is 22.1 Å². The molecule has 0 bridgehead atoms. The summed E-state index contributed by atoms with van der Waals surface area (Å²) in [6, 6.07) is 10.3. The van der Waals surface area contributed by atoms with E-state index in [-0.39, 0.29) is 11.7 Å². The highest BCUT2D eigenvalue weighted by Gasteiger charge is 2.11. The molecule has 1 aromatic carbocycles. The van der Waals surface area contributed by atoms with Crippen molar-refractivity contribution in [3.8, 4) is 11.5 Å². The van der Waals surface area contributed by atoms with Crippen LogP contribution in [0.2, 0.25) is 0 Å². The Bertz CT molecular complexity index is 777. The van der Waals surface area contributed by atoms with Gasteiger partial charge in [-0.2, -0.15) is 0 Å². The van der Waals surface area contributed by atoms with Crippen molar-refractivity contribution >= 4 is 27.5 Å². The van der Waals surface area contributed by atoms with Crippen molar-refractivity contribution < 1.29 is 13.6 Å². The first-order valence-corrected chi connectivity index (χ1v) is 6.88. The van der Waals surface area contributed by atoms with Crippen LogP contribution in [0.15, 0.2) is 49.9 Å². The second-order valence-corrected chi connectivity index (χ2v) is 5.04. The van der Waals surface area contributed by atoms with Crippen molar-refractivity contribution in [2.45, 2.75) is 6.92 Å². The van der Waals surface area contributed by atoms with Gasteiger partial charge < -0.3 is 14.2 Å². The van der Waals surface area contributed by atoms with E-state index in [0.717, 1.165) is 5.56 Å². The number of nitrogens with one attached hydrogen (secondary N) is 1. The third kappa shape index (κ3) is 3.03. The van der Waals surface area contributed by atoms with Gasteiger partial charge in [-0.3, -0.25) is 4.79 Å². The molecule has 3 aromatic rings. The van der Waals surface area contributed by atoms with Crippen molar-refractivity contribution in [2.75, 3.05) is 5.32 Å². The molecule has 21 heavy (non-hydrogen) atoms. The summed E-state index contributed by atoms with van der Waals surface area (Å²) in [6.45, 7) is 1.73.